The number of anilines is 1. The van der Waals surface area contributed by atoms with E-state index in [2.05, 4.69) is 25.9 Å². The van der Waals surface area contributed by atoms with Crippen molar-refractivity contribution in [2.75, 3.05) is 5.73 Å². The highest BCUT2D eigenvalue weighted by atomic mass is 79.9. The van der Waals surface area contributed by atoms with E-state index >= 15 is 0 Å². The van der Waals surface area contributed by atoms with E-state index < -0.39 is 11.6 Å². The van der Waals surface area contributed by atoms with Crippen LogP contribution in [0.1, 0.15) is 0 Å². The molecule has 3 rings (SSSR count). The van der Waals surface area contributed by atoms with Crippen LogP contribution in [-0.2, 0) is 0 Å². The SMILES string of the molecule is Nc1nc2cccnc2n1-c1c(F)cc(Br)cc1F. The molecular formula is C12H7BrF2N4. The number of halogens is 3. The van der Waals surface area contributed by atoms with Gasteiger partial charge in [0.1, 0.15) is 11.2 Å². The summed E-state index contributed by atoms with van der Waals surface area (Å²) in [5.41, 5.74) is 6.22. The zero-order valence-electron chi connectivity index (χ0n) is 9.44. The first-order valence-electron chi connectivity index (χ1n) is 5.32. The molecule has 1 aromatic carbocycles. The lowest BCUT2D eigenvalue weighted by molar-refractivity contribution is 0.570. The summed E-state index contributed by atoms with van der Waals surface area (Å²) in [5, 5.41) is 0. The molecule has 0 spiro atoms. The van der Waals surface area contributed by atoms with Gasteiger partial charge in [-0.3, -0.25) is 4.57 Å². The van der Waals surface area contributed by atoms with Crippen molar-refractivity contribution in [2.45, 2.75) is 0 Å². The number of aromatic nitrogens is 3. The number of rotatable bonds is 1. The highest BCUT2D eigenvalue weighted by Gasteiger charge is 2.18. The largest absolute Gasteiger partial charge is 0.369 e. The minimum absolute atomic E-state index is 0.0196. The summed E-state index contributed by atoms with van der Waals surface area (Å²) in [5.74, 6) is -1.51. The molecule has 4 nitrogen and oxygen atoms in total. The van der Waals surface area contributed by atoms with Gasteiger partial charge in [-0.1, -0.05) is 15.9 Å². The number of hydrogen-bond donors (Lipinski definition) is 1. The minimum atomic E-state index is -0.747. The van der Waals surface area contributed by atoms with Gasteiger partial charge in [0.15, 0.2) is 17.3 Å². The molecule has 0 saturated carbocycles. The summed E-state index contributed by atoms with van der Waals surface area (Å²) in [6, 6.07) is 5.66. The summed E-state index contributed by atoms with van der Waals surface area (Å²) >= 11 is 3.03. The third kappa shape index (κ3) is 1.86. The maximum Gasteiger partial charge on any atom is 0.207 e. The standard InChI is InChI=1S/C12H7BrF2N4/c13-6-4-7(14)10(8(15)5-6)19-11-9(18-12(19)16)2-1-3-17-11/h1-5H,(H2,16,18). The molecule has 0 fully saturated rings. The predicted molar refractivity (Wildman–Crippen MR) is 70.9 cm³/mol. The van der Waals surface area contributed by atoms with Crippen molar-refractivity contribution >= 4 is 33.0 Å². The predicted octanol–water partition coefficient (Wildman–Crippen LogP) is 3.04. The molecular weight excluding hydrogens is 318 g/mol. The van der Waals surface area contributed by atoms with E-state index in [1.54, 1.807) is 12.1 Å². The molecule has 0 radical (unpaired) electrons. The number of nitrogens with zero attached hydrogens (tertiary/aromatic N) is 3. The molecule has 0 bridgehead atoms. The zero-order chi connectivity index (χ0) is 13.6. The number of benzene rings is 1. The average Bonchev–Trinajstić information content (AvgIpc) is 2.65. The Labute approximate surface area is 115 Å². The summed E-state index contributed by atoms with van der Waals surface area (Å²) in [6.07, 6.45) is 1.51. The second-order valence-corrected chi connectivity index (χ2v) is 4.79. The van der Waals surface area contributed by atoms with Crippen LogP contribution in [0.5, 0.6) is 0 Å². The van der Waals surface area contributed by atoms with Gasteiger partial charge in [0.25, 0.3) is 0 Å². The fraction of sp³-hybridized carbons (Fsp3) is 0. The van der Waals surface area contributed by atoms with E-state index in [1.165, 1.54) is 6.20 Å². The number of pyridine rings is 1. The van der Waals surface area contributed by atoms with Gasteiger partial charge in [0, 0.05) is 10.7 Å². The molecule has 7 heteroatoms. The molecule has 0 aliphatic heterocycles. The third-order valence-electron chi connectivity index (χ3n) is 2.65. The Hall–Kier alpha value is -2.02. The molecule has 0 atom stereocenters. The van der Waals surface area contributed by atoms with Crippen LogP contribution < -0.4 is 5.73 Å². The van der Waals surface area contributed by atoms with Gasteiger partial charge >= 0.3 is 0 Å². The molecule has 2 aromatic heterocycles. The smallest absolute Gasteiger partial charge is 0.207 e. The number of hydrogen-bond acceptors (Lipinski definition) is 3. The van der Waals surface area contributed by atoms with Crippen molar-refractivity contribution in [3.05, 3.63) is 46.6 Å². The van der Waals surface area contributed by atoms with Gasteiger partial charge < -0.3 is 5.73 Å². The number of nitrogens with two attached hydrogens (primary N) is 1. The van der Waals surface area contributed by atoms with Crippen molar-refractivity contribution in [1.29, 1.82) is 0 Å². The van der Waals surface area contributed by atoms with Crippen LogP contribution in [-0.4, -0.2) is 14.5 Å². The van der Waals surface area contributed by atoms with Gasteiger partial charge in [0.2, 0.25) is 5.95 Å². The van der Waals surface area contributed by atoms with E-state index in [-0.39, 0.29) is 11.6 Å². The highest BCUT2D eigenvalue weighted by molar-refractivity contribution is 9.10. The lowest BCUT2D eigenvalue weighted by Gasteiger charge is -2.08. The topological polar surface area (TPSA) is 56.7 Å². The fourth-order valence-corrected chi connectivity index (χ4v) is 2.30. The second-order valence-electron chi connectivity index (χ2n) is 3.87. The Morgan fingerprint density at radius 3 is 2.58 bits per heavy atom. The molecule has 2 heterocycles. The van der Waals surface area contributed by atoms with Crippen LogP contribution >= 0.6 is 15.9 Å². The van der Waals surface area contributed by atoms with Crippen molar-refractivity contribution in [1.82, 2.24) is 14.5 Å². The Balaban J connectivity index is 2.40. The molecule has 0 unspecified atom stereocenters. The van der Waals surface area contributed by atoms with Crippen LogP contribution in [0.4, 0.5) is 14.7 Å². The van der Waals surface area contributed by atoms with Crippen LogP contribution in [0, 0.1) is 11.6 Å². The van der Waals surface area contributed by atoms with Crippen LogP contribution in [0.2, 0.25) is 0 Å². The normalized spacial score (nSPS) is 11.1. The van der Waals surface area contributed by atoms with Gasteiger partial charge in [0.05, 0.1) is 0 Å². The van der Waals surface area contributed by atoms with E-state index in [0.29, 0.717) is 15.6 Å². The molecule has 96 valence electrons. The van der Waals surface area contributed by atoms with Crippen molar-refractivity contribution in [3.8, 4) is 5.69 Å². The van der Waals surface area contributed by atoms with Crippen LogP contribution in [0.15, 0.2) is 34.9 Å². The molecule has 3 aromatic rings. The zero-order valence-corrected chi connectivity index (χ0v) is 11.0. The first kappa shape index (κ1) is 12.0. The van der Waals surface area contributed by atoms with E-state index in [9.17, 15) is 8.78 Å². The Kier molecular flexibility index (Phi) is 2.70. The monoisotopic (exact) mass is 324 g/mol. The molecule has 0 aliphatic rings. The van der Waals surface area contributed by atoms with E-state index in [0.717, 1.165) is 16.7 Å². The molecule has 19 heavy (non-hydrogen) atoms. The maximum atomic E-state index is 14.0. The minimum Gasteiger partial charge on any atom is -0.369 e. The van der Waals surface area contributed by atoms with Gasteiger partial charge in [-0.25, -0.2) is 18.7 Å². The molecule has 2 N–H and O–H groups in total. The average molecular weight is 325 g/mol. The van der Waals surface area contributed by atoms with Crippen LogP contribution in [0.3, 0.4) is 0 Å². The summed E-state index contributed by atoms with van der Waals surface area (Å²) in [4.78, 5) is 8.09. The Morgan fingerprint density at radius 2 is 1.89 bits per heavy atom. The van der Waals surface area contributed by atoms with Crippen molar-refractivity contribution in [3.63, 3.8) is 0 Å². The lowest BCUT2D eigenvalue weighted by Crippen LogP contribution is -2.06. The Morgan fingerprint density at radius 1 is 1.21 bits per heavy atom. The van der Waals surface area contributed by atoms with Gasteiger partial charge in [-0.2, -0.15) is 0 Å². The number of fused-ring (bicyclic) bond motifs is 1. The third-order valence-corrected chi connectivity index (χ3v) is 3.11. The first-order valence-corrected chi connectivity index (χ1v) is 6.11. The number of imidazole rings is 1. The molecule has 0 saturated heterocycles. The highest BCUT2D eigenvalue weighted by Crippen LogP contribution is 2.27. The summed E-state index contributed by atoms with van der Waals surface area (Å²) in [7, 11) is 0. The van der Waals surface area contributed by atoms with Crippen molar-refractivity contribution < 1.29 is 8.78 Å². The fourth-order valence-electron chi connectivity index (χ4n) is 1.90. The Bertz CT molecular complexity index is 761. The summed E-state index contributed by atoms with van der Waals surface area (Å²) < 4.78 is 29.4. The first-order chi connectivity index (χ1) is 9.08. The summed E-state index contributed by atoms with van der Waals surface area (Å²) in [6.45, 7) is 0. The quantitative estimate of drug-likeness (QED) is 0.748. The lowest BCUT2D eigenvalue weighted by atomic mass is 10.3. The van der Waals surface area contributed by atoms with Gasteiger partial charge in [-0.15, -0.1) is 0 Å². The van der Waals surface area contributed by atoms with E-state index in [4.69, 9.17) is 5.73 Å². The molecule has 0 amide bonds. The van der Waals surface area contributed by atoms with Crippen molar-refractivity contribution in [2.24, 2.45) is 0 Å². The second kappa shape index (κ2) is 4.27. The number of nitrogen functional groups attached to an aromatic ring is 1. The van der Waals surface area contributed by atoms with E-state index in [1.807, 2.05) is 0 Å². The van der Waals surface area contributed by atoms with Gasteiger partial charge in [-0.05, 0) is 24.3 Å². The van der Waals surface area contributed by atoms with Crippen LogP contribution in [0.25, 0.3) is 16.9 Å². The maximum absolute atomic E-state index is 14.0. The molecule has 0 aliphatic carbocycles.